The zero-order valence-corrected chi connectivity index (χ0v) is 6.94. The van der Waals surface area contributed by atoms with Crippen LogP contribution in [0.4, 0.5) is 5.69 Å². The third-order valence-electron chi connectivity index (χ3n) is 1.88. The molecule has 0 saturated heterocycles. The minimum Gasteiger partial charge on any atom is -0.278 e. The smallest absolute Gasteiger partial charge is 0.278 e. The van der Waals surface area contributed by atoms with Gasteiger partial charge in [-0.05, 0) is 18.6 Å². The molecule has 1 aromatic heterocycles. The monoisotopic (exact) mass is 177 g/mol. The van der Waals surface area contributed by atoms with Crippen LogP contribution in [-0.2, 0) is 0 Å². The summed E-state index contributed by atoms with van der Waals surface area (Å²) in [5, 5.41) is 17.6. The lowest BCUT2D eigenvalue weighted by Crippen LogP contribution is -1.89. The molecule has 0 amide bonds. The second-order valence-corrected chi connectivity index (χ2v) is 2.87. The van der Waals surface area contributed by atoms with Crippen molar-refractivity contribution in [1.82, 2.24) is 10.2 Å². The van der Waals surface area contributed by atoms with Crippen molar-refractivity contribution in [1.29, 1.82) is 0 Å². The Bertz CT molecular complexity index is 475. The van der Waals surface area contributed by atoms with Crippen LogP contribution in [0.5, 0.6) is 0 Å². The van der Waals surface area contributed by atoms with Gasteiger partial charge >= 0.3 is 0 Å². The average Bonchev–Trinajstić information content (AvgIpc) is 2.49. The first kappa shape index (κ1) is 7.72. The molecule has 5 nitrogen and oxygen atoms in total. The van der Waals surface area contributed by atoms with Crippen molar-refractivity contribution in [2.24, 2.45) is 0 Å². The highest BCUT2D eigenvalue weighted by Gasteiger charge is 2.13. The Hall–Kier alpha value is -1.91. The Labute approximate surface area is 73.5 Å². The quantitative estimate of drug-likeness (QED) is 0.533. The SMILES string of the molecule is Cc1cc([N+](=O)[O-])c2cn[nH]c2c1. The van der Waals surface area contributed by atoms with Gasteiger partial charge in [0, 0.05) is 6.07 Å². The molecule has 2 rings (SSSR count). The molecule has 0 atom stereocenters. The molecule has 0 saturated carbocycles. The van der Waals surface area contributed by atoms with Crippen molar-refractivity contribution in [2.45, 2.75) is 6.92 Å². The van der Waals surface area contributed by atoms with E-state index < -0.39 is 4.92 Å². The van der Waals surface area contributed by atoms with Crippen LogP contribution in [0.25, 0.3) is 10.9 Å². The lowest BCUT2D eigenvalue weighted by molar-refractivity contribution is -0.383. The van der Waals surface area contributed by atoms with E-state index in [4.69, 9.17) is 0 Å². The van der Waals surface area contributed by atoms with Crippen LogP contribution in [0, 0.1) is 17.0 Å². The Morgan fingerprint density at radius 2 is 2.31 bits per heavy atom. The second kappa shape index (κ2) is 2.55. The van der Waals surface area contributed by atoms with E-state index in [9.17, 15) is 10.1 Å². The van der Waals surface area contributed by atoms with Gasteiger partial charge in [-0.15, -0.1) is 0 Å². The Kier molecular flexibility index (Phi) is 1.51. The molecule has 66 valence electrons. The first-order chi connectivity index (χ1) is 6.18. The summed E-state index contributed by atoms with van der Waals surface area (Å²) in [6, 6.07) is 3.37. The normalized spacial score (nSPS) is 10.5. The Morgan fingerprint density at radius 1 is 1.54 bits per heavy atom. The van der Waals surface area contributed by atoms with Crippen molar-refractivity contribution >= 4 is 16.6 Å². The van der Waals surface area contributed by atoms with Crippen LogP contribution < -0.4 is 0 Å². The Balaban J connectivity index is 2.84. The molecule has 0 spiro atoms. The summed E-state index contributed by atoms with van der Waals surface area (Å²) in [7, 11) is 0. The second-order valence-electron chi connectivity index (χ2n) is 2.87. The summed E-state index contributed by atoms with van der Waals surface area (Å²) in [5.41, 5.74) is 1.65. The van der Waals surface area contributed by atoms with E-state index in [1.54, 1.807) is 0 Å². The van der Waals surface area contributed by atoms with Crippen molar-refractivity contribution in [3.63, 3.8) is 0 Å². The molecule has 2 aromatic rings. The fourth-order valence-electron chi connectivity index (χ4n) is 1.32. The van der Waals surface area contributed by atoms with Gasteiger partial charge in [-0.1, -0.05) is 0 Å². The highest BCUT2D eigenvalue weighted by Crippen LogP contribution is 2.24. The van der Waals surface area contributed by atoms with E-state index in [1.165, 1.54) is 12.3 Å². The maximum absolute atomic E-state index is 10.6. The molecule has 1 aromatic carbocycles. The van der Waals surface area contributed by atoms with Crippen LogP contribution in [0.3, 0.4) is 0 Å². The highest BCUT2D eigenvalue weighted by atomic mass is 16.6. The number of benzene rings is 1. The molecule has 0 fully saturated rings. The molecule has 0 unspecified atom stereocenters. The molecule has 0 bridgehead atoms. The minimum atomic E-state index is -0.398. The Morgan fingerprint density at radius 3 is 3.00 bits per heavy atom. The van der Waals surface area contributed by atoms with Crippen LogP contribution in [-0.4, -0.2) is 15.1 Å². The van der Waals surface area contributed by atoms with E-state index >= 15 is 0 Å². The molecule has 0 aliphatic heterocycles. The average molecular weight is 177 g/mol. The van der Waals surface area contributed by atoms with E-state index in [0.717, 1.165) is 5.56 Å². The summed E-state index contributed by atoms with van der Waals surface area (Å²) >= 11 is 0. The molecule has 0 aliphatic rings. The predicted molar refractivity (Wildman–Crippen MR) is 47.5 cm³/mol. The van der Waals surface area contributed by atoms with Gasteiger partial charge in [0.1, 0.15) is 0 Å². The van der Waals surface area contributed by atoms with E-state index in [2.05, 4.69) is 10.2 Å². The number of nitrogens with one attached hydrogen (secondary N) is 1. The van der Waals surface area contributed by atoms with Crippen LogP contribution in [0.15, 0.2) is 18.3 Å². The number of non-ortho nitro benzene ring substituents is 1. The van der Waals surface area contributed by atoms with Gasteiger partial charge in [-0.3, -0.25) is 15.2 Å². The summed E-state index contributed by atoms with van der Waals surface area (Å²) in [6.45, 7) is 1.81. The number of aromatic amines is 1. The maximum atomic E-state index is 10.6. The third-order valence-corrected chi connectivity index (χ3v) is 1.88. The molecule has 0 aliphatic carbocycles. The van der Waals surface area contributed by atoms with Crippen molar-refractivity contribution in [3.8, 4) is 0 Å². The molecular weight excluding hydrogens is 170 g/mol. The van der Waals surface area contributed by atoms with Gasteiger partial charge in [0.05, 0.1) is 22.0 Å². The van der Waals surface area contributed by atoms with Gasteiger partial charge in [-0.25, -0.2) is 0 Å². The molecular formula is C8H7N3O2. The van der Waals surface area contributed by atoms with Crippen molar-refractivity contribution in [3.05, 3.63) is 34.0 Å². The van der Waals surface area contributed by atoms with Gasteiger partial charge < -0.3 is 0 Å². The van der Waals surface area contributed by atoms with Gasteiger partial charge in [0.2, 0.25) is 0 Å². The zero-order chi connectivity index (χ0) is 9.42. The number of nitro benzene ring substituents is 1. The van der Waals surface area contributed by atoms with E-state index in [-0.39, 0.29) is 5.69 Å². The number of hydrogen-bond acceptors (Lipinski definition) is 3. The van der Waals surface area contributed by atoms with E-state index in [1.807, 2.05) is 13.0 Å². The highest BCUT2D eigenvalue weighted by molar-refractivity contribution is 5.88. The number of nitrogens with zero attached hydrogens (tertiary/aromatic N) is 2. The standard InChI is InChI=1S/C8H7N3O2/c1-5-2-7-6(4-9-10-7)8(3-5)11(12)13/h2-4H,1H3,(H,9,10). The number of rotatable bonds is 1. The zero-order valence-electron chi connectivity index (χ0n) is 6.94. The van der Waals surface area contributed by atoms with Gasteiger partial charge in [0.15, 0.2) is 0 Å². The molecule has 13 heavy (non-hydrogen) atoms. The topological polar surface area (TPSA) is 71.8 Å². The first-order valence-electron chi connectivity index (χ1n) is 3.76. The fraction of sp³-hybridized carbons (Fsp3) is 0.125. The van der Waals surface area contributed by atoms with Crippen LogP contribution in [0.1, 0.15) is 5.56 Å². The number of H-pyrrole nitrogens is 1. The third kappa shape index (κ3) is 1.14. The number of hydrogen-bond donors (Lipinski definition) is 1. The summed E-state index contributed by atoms with van der Waals surface area (Å²) in [6.07, 6.45) is 1.47. The van der Waals surface area contributed by atoms with Crippen molar-refractivity contribution in [2.75, 3.05) is 0 Å². The minimum absolute atomic E-state index is 0.101. The fourth-order valence-corrected chi connectivity index (χ4v) is 1.32. The van der Waals surface area contributed by atoms with Crippen molar-refractivity contribution < 1.29 is 4.92 Å². The number of aromatic nitrogens is 2. The molecule has 1 N–H and O–H groups in total. The van der Waals surface area contributed by atoms with Gasteiger partial charge in [0.25, 0.3) is 5.69 Å². The maximum Gasteiger partial charge on any atom is 0.280 e. The molecule has 1 heterocycles. The van der Waals surface area contributed by atoms with Crippen LogP contribution in [0.2, 0.25) is 0 Å². The number of nitro groups is 1. The van der Waals surface area contributed by atoms with Crippen LogP contribution >= 0.6 is 0 Å². The summed E-state index contributed by atoms with van der Waals surface area (Å²) in [5.74, 6) is 0. The first-order valence-corrected chi connectivity index (χ1v) is 3.76. The summed E-state index contributed by atoms with van der Waals surface area (Å²) in [4.78, 5) is 10.2. The van der Waals surface area contributed by atoms with Gasteiger partial charge in [-0.2, -0.15) is 5.10 Å². The molecule has 0 radical (unpaired) electrons. The van der Waals surface area contributed by atoms with E-state index in [0.29, 0.717) is 10.9 Å². The summed E-state index contributed by atoms with van der Waals surface area (Å²) < 4.78 is 0. The molecule has 5 heteroatoms. The largest absolute Gasteiger partial charge is 0.280 e. The lowest BCUT2D eigenvalue weighted by Gasteiger charge is -1.95. The number of fused-ring (bicyclic) bond motifs is 1. The number of aryl methyl sites for hydroxylation is 1. The predicted octanol–water partition coefficient (Wildman–Crippen LogP) is 1.78. The lowest BCUT2D eigenvalue weighted by atomic mass is 10.1.